The molecule has 0 spiro atoms. The molecule has 1 heterocycles. The van der Waals surface area contributed by atoms with Crippen molar-refractivity contribution in [2.45, 2.75) is 12.5 Å². The molecule has 2 aromatic carbocycles. The molecule has 0 saturated carbocycles. The molecule has 1 aliphatic heterocycles. The van der Waals surface area contributed by atoms with E-state index in [0.717, 1.165) is 11.3 Å². The Morgan fingerprint density at radius 2 is 2.00 bits per heavy atom. The maximum atomic E-state index is 14.3. The van der Waals surface area contributed by atoms with Crippen molar-refractivity contribution in [3.05, 3.63) is 64.9 Å². The first-order valence-corrected chi connectivity index (χ1v) is 8.60. The summed E-state index contributed by atoms with van der Waals surface area (Å²) < 4.78 is 43.9. The number of hydrogen-bond donors (Lipinski definition) is 2. The third-order valence-corrected chi connectivity index (χ3v) is 4.17. The van der Waals surface area contributed by atoms with Crippen molar-refractivity contribution in [1.29, 1.82) is 0 Å². The molecular weight excluding hydrogens is 370 g/mol. The third kappa shape index (κ3) is 4.65. The average Bonchev–Trinajstić information content (AvgIpc) is 3.21. The number of halogens is 2. The summed E-state index contributed by atoms with van der Waals surface area (Å²) in [5.74, 6) is -2.04. The zero-order valence-electron chi connectivity index (χ0n) is 15.2. The molecule has 1 atom stereocenters. The van der Waals surface area contributed by atoms with Gasteiger partial charge in [-0.15, -0.1) is 0 Å². The number of carbonyl (C=O) groups is 1. The smallest absolute Gasteiger partial charge is 0.322 e. The monoisotopic (exact) mass is 390 g/mol. The Morgan fingerprint density at radius 3 is 2.64 bits per heavy atom. The molecule has 6 nitrogen and oxygen atoms in total. The molecule has 3 N–H and O–H groups in total. The van der Waals surface area contributed by atoms with Gasteiger partial charge >= 0.3 is 5.97 Å². The molecule has 1 saturated heterocycles. The van der Waals surface area contributed by atoms with Gasteiger partial charge in [0, 0.05) is 6.42 Å². The summed E-state index contributed by atoms with van der Waals surface area (Å²) in [7, 11) is 1.18. The maximum absolute atomic E-state index is 14.3. The largest absolute Gasteiger partial charge is 0.481 e. The van der Waals surface area contributed by atoms with Crippen LogP contribution in [0.3, 0.4) is 0 Å². The van der Waals surface area contributed by atoms with Gasteiger partial charge in [0.15, 0.2) is 11.6 Å². The molecule has 0 aliphatic carbocycles. The summed E-state index contributed by atoms with van der Waals surface area (Å²) >= 11 is 0. The van der Waals surface area contributed by atoms with E-state index in [1.807, 2.05) is 6.08 Å². The molecule has 1 unspecified atom stereocenters. The predicted molar refractivity (Wildman–Crippen MR) is 98.5 cm³/mol. The van der Waals surface area contributed by atoms with E-state index in [4.69, 9.17) is 15.2 Å². The summed E-state index contributed by atoms with van der Waals surface area (Å²) in [4.78, 5) is 11.4. The number of ether oxygens (including phenoxy) is 3. The highest BCUT2D eigenvalue weighted by Crippen LogP contribution is 2.28. The van der Waals surface area contributed by atoms with Crippen LogP contribution in [0.15, 0.2) is 42.2 Å². The van der Waals surface area contributed by atoms with E-state index in [1.54, 1.807) is 24.3 Å². The second-order valence-electron chi connectivity index (χ2n) is 6.18. The lowest BCUT2D eigenvalue weighted by atomic mass is 10.1. The van der Waals surface area contributed by atoms with E-state index in [1.165, 1.54) is 19.2 Å². The third-order valence-electron chi connectivity index (χ3n) is 4.17. The molecule has 1 fully saturated rings. The number of nitrogens with two attached hydrogens (primary N) is 1. The average molecular weight is 390 g/mol. The zero-order chi connectivity index (χ0) is 20.1. The summed E-state index contributed by atoms with van der Waals surface area (Å²) in [5, 5.41) is 3.05. The summed E-state index contributed by atoms with van der Waals surface area (Å²) in [6, 6.07) is 8.40. The van der Waals surface area contributed by atoms with Crippen molar-refractivity contribution >= 4 is 12.0 Å². The number of methoxy groups -OCH3 is 1. The topological polar surface area (TPSA) is 82.8 Å². The van der Waals surface area contributed by atoms with Crippen molar-refractivity contribution in [2.75, 3.05) is 20.4 Å². The van der Waals surface area contributed by atoms with E-state index in [9.17, 15) is 13.6 Å². The molecule has 0 radical (unpaired) electrons. The molecule has 0 bridgehead atoms. The SMILES string of the molecule is COC(=O)C(N)Cc1ccc(Oc2ccc(C=C3CNCO3)cc2)c(F)c1F. The van der Waals surface area contributed by atoms with Crippen LogP contribution in [0.2, 0.25) is 0 Å². The van der Waals surface area contributed by atoms with Crippen LogP contribution in [0.1, 0.15) is 11.1 Å². The predicted octanol–water partition coefficient (Wildman–Crippen LogP) is 2.72. The molecular formula is C20H20F2N2O4. The van der Waals surface area contributed by atoms with E-state index in [0.29, 0.717) is 19.0 Å². The highest BCUT2D eigenvalue weighted by molar-refractivity contribution is 5.75. The van der Waals surface area contributed by atoms with Gasteiger partial charge in [0.2, 0.25) is 5.82 Å². The van der Waals surface area contributed by atoms with E-state index < -0.39 is 23.6 Å². The van der Waals surface area contributed by atoms with Crippen LogP contribution >= 0.6 is 0 Å². The Balaban J connectivity index is 1.71. The minimum Gasteiger partial charge on any atom is -0.481 e. The lowest BCUT2D eigenvalue weighted by Gasteiger charge is -2.12. The van der Waals surface area contributed by atoms with Gasteiger partial charge in [-0.3, -0.25) is 10.1 Å². The van der Waals surface area contributed by atoms with Crippen LogP contribution in [0, 0.1) is 11.6 Å². The van der Waals surface area contributed by atoms with Crippen LogP contribution in [0.25, 0.3) is 6.08 Å². The van der Waals surface area contributed by atoms with Gasteiger partial charge in [0.25, 0.3) is 0 Å². The van der Waals surface area contributed by atoms with Crippen molar-refractivity contribution in [2.24, 2.45) is 5.73 Å². The molecule has 1 aliphatic rings. The van der Waals surface area contributed by atoms with Crippen molar-refractivity contribution in [1.82, 2.24) is 5.32 Å². The standard InChI is InChI=1S/C20H20F2N2O4/c1-26-20(25)16(23)9-13-4-7-17(19(22)18(13)21)28-14-5-2-12(3-6-14)8-15-10-24-11-27-15/h2-8,16,24H,9-11,23H2,1H3. The fourth-order valence-electron chi connectivity index (χ4n) is 2.69. The lowest BCUT2D eigenvalue weighted by molar-refractivity contribution is -0.142. The van der Waals surface area contributed by atoms with Gasteiger partial charge in [0.05, 0.1) is 13.7 Å². The zero-order valence-corrected chi connectivity index (χ0v) is 15.2. The minimum absolute atomic E-state index is 0.0325. The fraction of sp³-hybridized carbons (Fsp3) is 0.250. The highest BCUT2D eigenvalue weighted by atomic mass is 19.2. The van der Waals surface area contributed by atoms with Gasteiger partial charge in [0.1, 0.15) is 24.3 Å². The van der Waals surface area contributed by atoms with E-state index in [-0.39, 0.29) is 17.7 Å². The first kappa shape index (κ1) is 19.8. The Hall–Kier alpha value is -2.97. The maximum Gasteiger partial charge on any atom is 0.322 e. The number of rotatable bonds is 6. The molecule has 3 rings (SSSR count). The lowest BCUT2D eigenvalue weighted by Crippen LogP contribution is -2.34. The summed E-state index contributed by atoms with van der Waals surface area (Å²) in [6.07, 6.45) is 1.69. The van der Waals surface area contributed by atoms with Gasteiger partial charge in [-0.2, -0.15) is 4.39 Å². The van der Waals surface area contributed by atoms with Gasteiger partial charge < -0.3 is 19.9 Å². The van der Waals surface area contributed by atoms with Crippen LogP contribution < -0.4 is 15.8 Å². The molecule has 148 valence electrons. The number of hydrogen-bond acceptors (Lipinski definition) is 6. The van der Waals surface area contributed by atoms with Crippen LogP contribution in [0.4, 0.5) is 8.78 Å². The fourth-order valence-corrected chi connectivity index (χ4v) is 2.69. The first-order valence-electron chi connectivity index (χ1n) is 8.60. The van der Waals surface area contributed by atoms with Crippen molar-refractivity contribution < 1.29 is 27.8 Å². The summed E-state index contributed by atoms with van der Waals surface area (Å²) in [6.45, 7) is 1.15. The number of carbonyl (C=O) groups excluding carboxylic acids is 1. The number of benzene rings is 2. The van der Waals surface area contributed by atoms with Crippen LogP contribution in [-0.2, 0) is 20.7 Å². The van der Waals surface area contributed by atoms with Crippen LogP contribution in [0.5, 0.6) is 11.5 Å². The Labute approximate surface area is 160 Å². The van der Waals surface area contributed by atoms with Gasteiger partial charge in [-0.05, 0) is 35.4 Å². The quantitative estimate of drug-likeness (QED) is 0.738. The summed E-state index contributed by atoms with van der Waals surface area (Å²) in [5.41, 5.74) is 6.46. The Kier molecular flexibility index (Phi) is 6.23. The van der Waals surface area contributed by atoms with Crippen molar-refractivity contribution in [3.63, 3.8) is 0 Å². The normalized spacial score (nSPS) is 15.9. The van der Waals surface area contributed by atoms with E-state index >= 15 is 0 Å². The second-order valence-corrected chi connectivity index (χ2v) is 6.18. The molecule has 0 amide bonds. The van der Waals surface area contributed by atoms with E-state index in [2.05, 4.69) is 10.1 Å². The first-order chi connectivity index (χ1) is 13.5. The molecule has 2 aromatic rings. The van der Waals surface area contributed by atoms with Crippen LogP contribution in [-0.4, -0.2) is 32.4 Å². The second kappa shape index (κ2) is 8.81. The van der Waals surface area contributed by atoms with Crippen molar-refractivity contribution in [3.8, 4) is 11.5 Å². The number of esters is 1. The van der Waals surface area contributed by atoms with Gasteiger partial charge in [-0.1, -0.05) is 18.2 Å². The Bertz CT molecular complexity index is 877. The highest BCUT2D eigenvalue weighted by Gasteiger charge is 2.20. The Morgan fingerprint density at radius 1 is 1.25 bits per heavy atom. The van der Waals surface area contributed by atoms with Gasteiger partial charge in [-0.25, -0.2) is 4.39 Å². The molecule has 28 heavy (non-hydrogen) atoms. The molecule has 8 heteroatoms. The number of nitrogens with one attached hydrogen (secondary N) is 1. The molecule has 0 aromatic heterocycles. The minimum atomic E-state index is -1.15.